The van der Waals surface area contributed by atoms with Crippen LogP contribution in [0.1, 0.15) is 17.3 Å². The fourth-order valence-corrected chi connectivity index (χ4v) is 3.06. The summed E-state index contributed by atoms with van der Waals surface area (Å²) in [4.78, 5) is 4.42. The molecule has 0 bridgehead atoms. The highest BCUT2D eigenvalue weighted by Gasteiger charge is 2.11. The lowest BCUT2D eigenvalue weighted by Gasteiger charge is -2.06. The summed E-state index contributed by atoms with van der Waals surface area (Å²) in [5, 5.41) is 15.8. The first-order valence-electron chi connectivity index (χ1n) is 8.38. The van der Waals surface area contributed by atoms with Crippen LogP contribution in [0, 0.1) is 6.92 Å². The van der Waals surface area contributed by atoms with Crippen molar-refractivity contribution in [2.75, 3.05) is 0 Å². The van der Waals surface area contributed by atoms with E-state index in [4.69, 9.17) is 9.15 Å². The van der Waals surface area contributed by atoms with E-state index in [9.17, 15) is 0 Å². The van der Waals surface area contributed by atoms with Gasteiger partial charge in [0.25, 0.3) is 0 Å². The lowest BCUT2D eigenvalue weighted by atomic mass is 10.2. The summed E-state index contributed by atoms with van der Waals surface area (Å²) < 4.78 is 11.5. The van der Waals surface area contributed by atoms with Gasteiger partial charge in [0.15, 0.2) is 5.82 Å². The highest BCUT2D eigenvalue weighted by Crippen LogP contribution is 2.22. The number of aryl methyl sites for hydroxylation is 1. The highest BCUT2D eigenvalue weighted by molar-refractivity contribution is 7.98. The molecule has 0 saturated heterocycles. The molecule has 0 unspecified atom stereocenters. The van der Waals surface area contributed by atoms with Gasteiger partial charge in [0, 0.05) is 5.56 Å². The molecule has 2 heterocycles. The van der Waals surface area contributed by atoms with Gasteiger partial charge in [0.2, 0.25) is 16.9 Å². The van der Waals surface area contributed by atoms with E-state index in [0.717, 1.165) is 16.9 Å². The molecule has 4 rings (SSSR count). The molecule has 27 heavy (non-hydrogen) atoms. The third kappa shape index (κ3) is 4.35. The minimum atomic E-state index is 0.330. The van der Waals surface area contributed by atoms with Crippen molar-refractivity contribution < 1.29 is 9.15 Å². The zero-order chi connectivity index (χ0) is 18.5. The van der Waals surface area contributed by atoms with Crippen LogP contribution in [0.4, 0.5) is 0 Å². The van der Waals surface area contributed by atoms with Gasteiger partial charge in [0.1, 0.15) is 12.4 Å². The second-order valence-electron chi connectivity index (χ2n) is 5.77. The van der Waals surface area contributed by atoms with Crippen molar-refractivity contribution in [3.05, 3.63) is 71.9 Å². The molecule has 0 aliphatic rings. The molecule has 0 fully saturated rings. The number of nitrogens with one attached hydrogen (secondary N) is 1. The summed E-state index contributed by atoms with van der Waals surface area (Å²) in [6, 6.07) is 17.5. The summed E-state index contributed by atoms with van der Waals surface area (Å²) in [5.74, 6) is 3.03. The van der Waals surface area contributed by atoms with Gasteiger partial charge in [-0.15, -0.1) is 15.3 Å². The van der Waals surface area contributed by atoms with Gasteiger partial charge in [-0.2, -0.15) is 0 Å². The second kappa shape index (κ2) is 8.05. The highest BCUT2D eigenvalue weighted by atomic mass is 32.2. The molecule has 1 N–H and O–H groups in total. The minimum Gasteiger partial charge on any atom is -0.485 e. The first-order valence-corrected chi connectivity index (χ1v) is 9.37. The number of aromatic nitrogens is 5. The molecular weight excluding hydrogens is 362 g/mol. The minimum absolute atomic E-state index is 0.330. The molecule has 7 nitrogen and oxygen atoms in total. The van der Waals surface area contributed by atoms with E-state index in [2.05, 4.69) is 25.4 Å². The van der Waals surface area contributed by atoms with Crippen molar-refractivity contribution >= 4 is 11.8 Å². The van der Waals surface area contributed by atoms with Gasteiger partial charge in [-0.1, -0.05) is 48.2 Å². The SMILES string of the molecule is Cc1ccccc1OCc1nc(SCc2nnc(-c3ccccc3)o2)n[nH]1. The van der Waals surface area contributed by atoms with E-state index >= 15 is 0 Å². The average molecular weight is 379 g/mol. The van der Waals surface area contributed by atoms with E-state index < -0.39 is 0 Å². The van der Waals surface area contributed by atoms with Crippen LogP contribution in [-0.2, 0) is 12.4 Å². The Morgan fingerprint density at radius 2 is 1.85 bits per heavy atom. The van der Waals surface area contributed by atoms with Gasteiger partial charge in [-0.05, 0) is 30.7 Å². The van der Waals surface area contributed by atoms with E-state index in [0.29, 0.717) is 35.1 Å². The Kier molecular flexibility index (Phi) is 5.15. The average Bonchev–Trinajstić information content (AvgIpc) is 3.36. The van der Waals surface area contributed by atoms with Crippen LogP contribution in [0.25, 0.3) is 11.5 Å². The summed E-state index contributed by atoms with van der Waals surface area (Å²) in [6.07, 6.45) is 0. The van der Waals surface area contributed by atoms with E-state index in [1.807, 2.05) is 61.5 Å². The molecule has 0 spiro atoms. The molecule has 2 aromatic heterocycles. The molecular formula is C19H17N5O2S. The Balaban J connectivity index is 1.32. The summed E-state index contributed by atoms with van der Waals surface area (Å²) in [5.41, 5.74) is 1.98. The number of nitrogens with zero attached hydrogens (tertiary/aromatic N) is 4. The molecule has 0 atom stereocenters. The second-order valence-corrected chi connectivity index (χ2v) is 6.72. The normalized spacial score (nSPS) is 10.9. The van der Waals surface area contributed by atoms with Crippen molar-refractivity contribution in [2.45, 2.75) is 24.4 Å². The lowest BCUT2D eigenvalue weighted by Crippen LogP contribution is -1.98. The molecule has 0 radical (unpaired) electrons. The molecule has 4 aromatic rings. The van der Waals surface area contributed by atoms with Crippen molar-refractivity contribution in [2.24, 2.45) is 0 Å². The van der Waals surface area contributed by atoms with Crippen LogP contribution in [0.3, 0.4) is 0 Å². The molecule has 8 heteroatoms. The number of ether oxygens (including phenoxy) is 1. The summed E-state index contributed by atoms with van der Waals surface area (Å²) >= 11 is 1.42. The summed E-state index contributed by atoms with van der Waals surface area (Å²) in [7, 11) is 0. The van der Waals surface area contributed by atoms with Crippen LogP contribution in [0.2, 0.25) is 0 Å². The lowest BCUT2D eigenvalue weighted by molar-refractivity contribution is 0.294. The standard InChI is InChI=1S/C19H17N5O2S/c1-13-7-5-6-10-15(13)25-11-16-20-19(24-21-16)27-12-17-22-23-18(26-17)14-8-3-2-4-9-14/h2-10H,11-12H2,1H3,(H,20,21,24). The predicted molar refractivity (Wildman–Crippen MR) is 101 cm³/mol. The third-order valence-corrected chi connectivity index (χ3v) is 4.61. The van der Waals surface area contributed by atoms with Gasteiger partial charge >= 0.3 is 0 Å². The smallest absolute Gasteiger partial charge is 0.247 e. The van der Waals surface area contributed by atoms with Crippen LogP contribution in [-0.4, -0.2) is 25.4 Å². The van der Waals surface area contributed by atoms with Gasteiger partial charge in [-0.3, -0.25) is 5.10 Å². The Hall–Kier alpha value is -3.13. The van der Waals surface area contributed by atoms with Crippen molar-refractivity contribution in [1.82, 2.24) is 25.4 Å². The van der Waals surface area contributed by atoms with Gasteiger partial charge in [-0.25, -0.2) is 4.98 Å². The van der Waals surface area contributed by atoms with Gasteiger partial charge < -0.3 is 9.15 Å². The van der Waals surface area contributed by atoms with Crippen LogP contribution in [0.15, 0.2) is 64.2 Å². The monoisotopic (exact) mass is 379 g/mol. The van der Waals surface area contributed by atoms with Crippen LogP contribution >= 0.6 is 11.8 Å². The van der Waals surface area contributed by atoms with Gasteiger partial charge in [0.05, 0.1) is 5.75 Å². The Morgan fingerprint density at radius 3 is 2.70 bits per heavy atom. The van der Waals surface area contributed by atoms with E-state index in [1.54, 1.807) is 0 Å². The number of H-pyrrole nitrogens is 1. The largest absolute Gasteiger partial charge is 0.485 e. The maximum Gasteiger partial charge on any atom is 0.247 e. The number of rotatable bonds is 7. The van der Waals surface area contributed by atoms with Crippen molar-refractivity contribution in [1.29, 1.82) is 0 Å². The number of hydrogen-bond donors (Lipinski definition) is 1. The first kappa shape index (κ1) is 17.3. The molecule has 0 aliphatic heterocycles. The Morgan fingerprint density at radius 1 is 1.04 bits per heavy atom. The maximum absolute atomic E-state index is 5.77. The quantitative estimate of drug-likeness (QED) is 0.485. The number of hydrogen-bond acceptors (Lipinski definition) is 7. The Bertz CT molecular complexity index is 1020. The Labute approximate surface area is 160 Å². The number of para-hydroxylation sites is 1. The van der Waals surface area contributed by atoms with Crippen LogP contribution < -0.4 is 4.74 Å². The molecule has 0 amide bonds. The van der Waals surface area contributed by atoms with Crippen LogP contribution in [0.5, 0.6) is 5.75 Å². The molecule has 0 saturated carbocycles. The predicted octanol–water partition coefficient (Wildman–Crippen LogP) is 4.03. The zero-order valence-electron chi connectivity index (χ0n) is 14.6. The zero-order valence-corrected chi connectivity index (χ0v) is 15.4. The van der Waals surface area contributed by atoms with Crippen molar-refractivity contribution in [3.8, 4) is 17.2 Å². The molecule has 2 aromatic carbocycles. The molecule has 136 valence electrons. The third-order valence-electron chi connectivity index (χ3n) is 3.78. The number of benzene rings is 2. The fraction of sp³-hybridized carbons (Fsp3) is 0.158. The van der Waals surface area contributed by atoms with E-state index in [-0.39, 0.29) is 0 Å². The first-order chi connectivity index (χ1) is 13.3. The van der Waals surface area contributed by atoms with Crippen molar-refractivity contribution in [3.63, 3.8) is 0 Å². The summed E-state index contributed by atoms with van der Waals surface area (Å²) in [6.45, 7) is 2.34. The van der Waals surface area contributed by atoms with E-state index in [1.165, 1.54) is 11.8 Å². The maximum atomic E-state index is 5.77. The molecule has 0 aliphatic carbocycles. The fourth-order valence-electron chi connectivity index (χ4n) is 2.41. The topological polar surface area (TPSA) is 89.7 Å². The number of thioether (sulfide) groups is 1. The number of aromatic amines is 1.